The van der Waals surface area contributed by atoms with Gasteiger partial charge in [0.15, 0.2) is 0 Å². The van der Waals surface area contributed by atoms with Crippen LogP contribution in [0.5, 0.6) is 0 Å². The third kappa shape index (κ3) is 5.52. The Morgan fingerprint density at radius 2 is 1.69 bits per heavy atom. The van der Waals surface area contributed by atoms with Crippen LogP contribution in [-0.4, -0.2) is 85.0 Å². The summed E-state index contributed by atoms with van der Waals surface area (Å²) in [5.74, 6) is 1.52. The van der Waals surface area contributed by atoms with Crippen molar-refractivity contribution in [2.45, 2.75) is 70.3 Å². The number of hydrogen-bond donors (Lipinski definition) is 0. The van der Waals surface area contributed by atoms with E-state index >= 15 is 0 Å². The predicted molar refractivity (Wildman–Crippen MR) is 112 cm³/mol. The summed E-state index contributed by atoms with van der Waals surface area (Å²) in [5.41, 5.74) is 0. The number of carbonyl (C=O) groups is 2. The van der Waals surface area contributed by atoms with Gasteiger partial charge >= 0.3 is 0 Å². The molecule has 6 nitrogen and oxygen atoms in total. The van der Waals surface area contributed by atoms with Crippen molar-refractivity contribution in [3.05, 3.63) is 0 Å². The Bertz CT molecular complexity index is 554. The van der Waals surface area contributed by atoms with Gasteiger partial charge < -0.3 is 14.5 Å². The van der Waals surface area contributed by atoms with Gasteiger partial charge in [0, 0.05) is 51.6 Å². The number of amides is 2. The maximum atomic E-state index is 13.1. The van der Waals surface area contributed by atoms with E-state index in [1.54, 1.807) is 0 Å². The first-order valence-corrected chi connectivity index (χ1v) is 12.1. The molecule has 6 heteroatoms. The molecule has 0 aromatic rings. The van der Waals surface area contributed by atoms with Crippen LogP contribution in [0.15, 0.2) is 0 Å². The van der Waals surface area contributed by atoms with Crippen molar-refractivity contribution >= 4 is 11.8 Å². The minimum atomic E-state index is 0.223. The van der Waals surface area contributed by atoms with E-state index in [0.717, 1.165) is 84.6 Å². The van der Waals surface area contributed by atoms with E-state index in [-0.39, 0.29) is 12.0 Å². The van der Waals surface area contributed by atoms with E-state index in [2.05, 4.69) is 9.80 Å². The highest BCUT2D eigenvalue weighted by Crippen LogP contribution is 2.31. The first-order valence-electron chi connectivity index (χ1n) is 12.1. The van der Waals surface area contributed by atoms with Crippen molar-refractivity contribution in [3.8, 4) is 0 Å². The molecular formula is C23H39N3O3. The lowest BCUT2D eigenvalue weighted by molar-refractivity contribution is -0.141. The average molecular weight is 406 g/mol. The van der Waals surface area contributed by atoms with Crippen molar-refractivity contribution in [2.75, 3.05) is 52.5 Å². The van der Waals surface area contributed by atoms with Gasteiger partial charge in [0.1, 0.15) is 0 Å². The van der Waals surface area contributed by atoms with Gasteiger partial charge in [0.05, 0.1) is 19.3 Å². The maximum absolute atomic E-state index is 13.1. The normalized spacial score (nSPS) is 26.6. The van der Waals surface area contributed by atoms with Crippen LogP contribution in [0.3, 0.4) is 0 Å². The lowest BCUT2D eigenvalue weighted by Gasteiger charge is -2.36. The van der Waals surface area contributed by atoms with Crippen molar-refractivity contribution < 1.29 is 14.3 Å². The van der Waals surface area contributed by atoms with E-state index in [9.17, 15) is 9.59 Å². The molecule has 164 valence electrons. The molecule has 1 atom stereocenters. The van der Waals surface area contributed by atoms with Crippen LogP contribution in [0.25, 0.3) is 0 Å². The second kappa shape index (κ2) is 10.3. The molecule has 1 unspecified atom stereocenters. The molecule has 0 N–H and O–H groups in total. The Morgan fingerprint density at radius 3 is 2.38 bits per heavy atom. The molecule has 0 radical (unpaired) electrons. The minimum absolute atomic E-state index is 0.223. The highest BCUT2D eigenvalue weighted by Gasteiger charge is 2.37. The fraction of sp³-hybridized carbons (Fsp3) is 0.913. The topological polar surface area (TPSA) is 53.1 Å². The van der Waals surface area contributed by atoms with Crippen LogP contribution in [0, 0.1) is 11.8 Å². The standard InChI is InChI=1S/C23H39N3O3/c27-22(17-19-5-1-2-6-19)25-12-9-21(18-25)26(23(28)20-7-3-8-20)11-4-10-24-13-15-29-16-14-24/h19-21H,1-18H2. The lowest BCUT2D eigenvalue weighted by atomic mass is 9.84. The van der Waals surface area contributed by atoms with Crippen molar-refractivity contribution in [1.82, 2.24) is 14.7 Å². The quantitative estimate of drug-likeness (QED) is 0.623. The molecule has 4 fully saturated rings. The van der Waals surface area contributed by atoms with Gasteiger partial charge in [0.2, 0.25) is 11.8 Å². The number of morpholine rings is 1. The molecule has 2 amide bonds. The summed E-state index contributed by atoms with van der Waals surface area (Å²) in [6.45, 7) is 7.11. The molecule has 2 aliphatic heterocycles. The molecule has 0 bridgehead atoms. The summed E-state index contributed by atoms with van der Waals surface area (Å²) >= 11 is 0. The first kappa shape index (κ1) is 21.1. The molecule has 2 saturated heterocycles. The predicted octanol–water partition coefficient (Wildman–Crippen LogP) is 2.52. The van der Waals surface area contributed by atoms with Crippen LogP contribution in [-0.2, 0) is 14.3 Å². The molecule has 2 heterocycles. The molecule has 2 saturated carbocycles. The highest BCUT2D eigenvalue weighted by atomic mass is 16.5. The zero-order valence-electron chi connectivity index (χ0n) is 18.0. The minimum Gasteiger partial charge on any atom is -0.379 e. The Kier molecular flexibility index (Phi) is 7.46. The second-order valence-electron chi connectivity index (χ2n) is 9.60. The molecular weight excluding hydrogens is 366 g/mol. The summed E-state index contributed by atoms with van der Waals surface area (Å²) in [7, 11) is 0. The molecule has 29 heavy (non-hydrogen) atoms. The van der Waals surface area contributed by atoms with E-state index in [0.29, 0.717) is 17.7 Å². The number of rotatable bonds is 8. The molecule has 0 aromatic carbocycles. The molecule has 0 spiro atoms. The van der Waals surface area contributed by atoms with Crippen LogP contribution in [0.4, 0.5) is 0 Å². The zero-order chi connectivity index (χ0) is 20.1. The van der Waals surface area contributed by atoms with Gasteiger partial charge in [-0.2, -0.15) is 0 Å². The Morgan fingerprint density at radius 1 is 0.931 bits per heavy atom. The zero-order valence-corrected chi connectivity index (χ0v) is 18.0. The van der Waals surface area contributed by atoms with E-state index < -0.39 is 0 Å². The summed E-state index contributed by atoms with van der Waals surface area (Å²) in [6.07, 6.45) is 11.0. The third-order valence-electron chi connectivity index (χ3n) is 7.61. The molecule has 4 rings (SSSR count). The first-order chi connectivity index (χ1) is 14.2. The number of hydrogen-bond acceptors (Lipinski definition) is 4. The summed E-state index contributed by atoms with van der Waals surface area (Å²) in [5, 5.41) is 0. The number of ether oxygens (including phenoxy) is 1. The van der Waals surface area contributed by atoms with E-state index in [1.165, 1.54) is 32.1 Å². The number of likely N-dealkylation sites (tertiary alicyclic amines) is 1. The fourth-order valence-electron chi connectivity index (χ4n) is 5.47. The van der Waals surface area contributed by atoms with Gasteiger partial charge in [-0.3, -0.25) is 14.5 Å². The largest absolute Gasteiger partial charge is 0.379 e. The van der Waals surface area contributed by atoms with Crippen LogP contribution < -0.4 is 0 Å². The SMILES string of the molecule is O=C(CC1CCCC1)N1CCC(N(CCCN2CCOCC2)C(=O)C2CCC2)C1. The number of nitrogens with zero attached hydrogens (tertiary/aromatic N) is 3. The van der Waals surface area contributed by atoms with E-state index in [1.807, 2.05) is 4.90 Å². The molecule has 4 aliphatic rings. The second-order valence-corrected chi connectivity index (χ2v) is 9.60. The van der Waals surface area contributed by atoms with Crippen LogP contribution in [0.2, 0.25) is 0 Å². The Hall–Kier alpha value is -1.14. The van der Waals surface area contributed by atoms with Gasteiger partial charge in [0.25, 0.3) is 0 Å². The lowest BCUT2D eigenvalue weighted by Crippen LogP contribution is -2.48. The van der Waals surface area contributed by atoms with Crippen LogP contribution in [0.1, 0.15) is 64.2 Å². The molecule has 2 aliphatic carbocycles. The third-order valence-corrected chi connectivity index (χ3v) is 7.61. The van der Waals surface area contributed by atoms with Crippen LogP contribution >= 0.6 is 0 Å². The van der Waals surface area contributed by atoms with Gasteiger partial charge in [-0.1, -0.05) is 19.3 Å². The van der Waals surface area contributed by atoms with Crippen molar-refractivity contribution in [3.63, 3.8) is 0 Å². The highest BCUT2D eigenvalue weighted by molar-refractivity contribution is 5.80. The van der Waals surface area contributed by atoms with Gasteiger partial charge in [-0.15, -0.1) is 0 Å². The summed E-state index contributed by atoms with van der Waals surface area (Å²) < 4.78 is 5.44. The van der Waals surface area contributed by atoms with Crippen molar-refractivity contribution in [1.29, 1.82) is 0 Å². The van der Waals surface area contributed by atoms with E-state index in [4.69, 9.17) is 4.74 Å². The Balaban J connectivity index is 1.29. The number of carbonyl (C=O) groups excluding carboxylic acids is 2. The average Bonchev–Trinajstić information content (AvgIpc) is 3.36. The fourth-order valence-corrected chi connectivity index (χ4v) is 5.47. The molecule has 0 aromatic heterocycles. The summed E-state index contributed by atoms with van der Waals surface area (Å²) in [6, 6.07) is 0.223. The monoisotopic (exact) mass is 405 g/mol. The van der Waals surface area contributed by atoms with Crippen molar-refractivity contribution in [2.24, 2.45) is 11.8 Å². The smallest absolute Gasteiger partial charge is 0.225 e. The van der Waals surface area contributed by atoms with Gasteiger partial charge in [-0.05, 0) is 44.4 Å². The van der Waals surface area contributed by atoms with Gasteiger partial charge in [-0.25, -0.2) is 0 Å². The maximum Gasteiger partial charge on any atom is 0.225 e. The summed E-state index contributed by atoms with van der Waals surface area (Å²) in [4.78, 5) is 32.6. The Labute approximate surface area is 175 Å².